The Bertz CT molecular complexity index is 595. The monoisotopic (exact) mass is 392 g/mol. The summed E-state index contributed by atoms with van der Waals surface area (Å²) < 4.78 is 16.6. The quantitative estimate of drug-likeness (QED) is 0.703. The molecule has 0 fully saturated rings. The Balaban J connectivity index is 2.40. The molecule has 0 saturated heterocycles. The minimum absolute atomic E-state index is 0.188. The van der Waals surface area contributed by atoms with E-state index in [1.165, 1.54) is 15.3 Å². The van der Waals surface area contributed by atoms with Gasteiger partial charge in [0.15, 0.2) is 0 Å². The molecule has 2 aromatic rings. The van der Waals surface area contributed by atoms with Crippen LogP contribution in [0.5, 0.6) is 0 Å². The summed E-state index contributed by atoms with van der Waals surface area (Å²) >= 11 is 8.33. The van der Waals surface area contributed by atoms with Crippen molar-refractivity contribution in [3.8, 4) is 0 Å². The molecular weight excluding hydrogens is 378 g/mol. The third-order valence-corrected chi connectivity index (χ3v) is 4.75. The van der Waals surface area contributed by atoms with Crippen molar-refractivity contribution in [2.45, 2.75) is 33.2 Å². The summed E-state index contributed by atoms with van der Waals surface area (Å²) in [6, 6.07) is 4.89. The number of aromatic nitrogens is 2. The van der Waals surface area contributed by atoms with Crippen molar-refractivity contribution in [2.24, 2.45) is 0 Å². The lowest BCUT2D eigenvalue weighted by atomic mass is 10.2. The molecule has 0 aliphatic heterocycles. The van der Waals surface area contributed by atoms with Crippen LogP contribution in [0.4, 0.5) is 4.39 Å². The molecule has 0 unspecified atom stereocenters. The van der Waals surface area contributed by atoms with Crippen LogP contribution in [0.2, 0.25) is 5.02 Å². The van der Waals surface area contributed by atoms with Gasteiger partial charge in [0.2, 0.25) is 0 Å². The summed E-state index contributed by atoms with van der Waals surface area (Å²) in [4.78, 5) is 0. The average Bonchev–Trinajstić information content (AvgIpc) is 2.70. The Hall–Kier alpha value is -0.620. The van der Waals surface area contributed by atoms with Gasteiger partial charge in [-0.3, -0.25) is 4.68 Å². The Morgan fingerprint density at radius 2 is 2.05 bits per heavy atom. The third-order valence-electron chi connectivity index (χ3n) is 3.08. The van der Waals surface area contributed by atoms with Crippen LogP contribution in [0.1, 0.15) is 30.8 Å². The van der Waals surface area contributed by atoms with E-state index >= 15 is 0 Å². The molecule has 2 nitrogen and oxygen atoms in total. The van der Waals surface area contributed by atoms with Crippen LogP contribution in [-0.4, -0.2) is 9.78 Å². The Morgan fingerprint density at radius 1 is 1.32 bits per heavy atom. The molecule has 0 radical (unpaired) electrons. The van der Waals surface area contributed by atoms with E-state index in [1.807, 2.05) is 10.7 Å². The van der Waals surface area contributed by atoms with E-state index in [1.54, 1.807) is 6.07 Å². The van der Waals surface area contributed by atoms with Crippen molar-refractivity contribution < 1.29 is 4.39 Å². The second-order valence-electron chi connectivity index (χ2n) is 4.29. The van der Waals surface area contributed by atoms with Crippen LogP contribution < -0.4 is 0 Å². The van der Waals surface area contributed by atoms with E-state index in [4.69, 9.17) is 11.6 Å². The number of hydrogen-bond donors (Lipinski definition) is 0. The maximum atomic E-state index is 13.5. The van der Waals surface area contributed by atoms with Crippen LogP contribution in [0.25, 0.3) is 0 Å². The van der Waals surface area contributed by atoms with Crippen LogP contribution in [0, 0.1) is 9.39 Å². The molecule has 0 atom stereocenters. The zero-order chi connectivity index (χ0) is 14.0. The van der Waals surface area contributed by atoms with Gasteiger partial charge >= 0.3 is 0 Å². The molecule has 0 spiro atoms. The molecule has 0 amide bonds. The highest BCUT2D eigenvalue weighted by atomic mass is 127. The largest absolute Gasteiger partial charge is 0.264 e. The first kappa shape index (κ1) is 14.8. The van der Waals surface area contributed by atoms with Gasteiger partial charge in [-0.25, -0.2) is 4.39 Å². The van der Waals surface area contributed by atoms with Crippen molar-refractivity contribution >= 4 is 34.2 Å². The molecule has 102 valence electrons. The van der Waals surface area contributed by atoms with Gasteiger partial charge in [-0.1, -0.05) is 37.6 Å². The number of aryl methyl sites for hydroxylation is 1. The topological polar surface area (TPSA) is 17.8 Å². The fourth-order valence-electron chi connectivity index (χ4n) is 2.06. The van der Waals surface area contributed by atoms with Gasteiger partial charge in [-0.15, -0.1) is 0 Å². The van der Waals surface area contributed by atoms with Crippen LogP contribution in [0.15, 0.2) is 18.2 Å². The fourth-order valence-corrected chi connectivity index (χ4v) is 3.39. The van der Waals surface area contributed by atoms with Crippen molar-refractivity contribution in [3.63, 3.8) is 0 Å². The van der Waals surface area contributed by atoms with Gasteiger partial charge in [0.05, 0.1) is 26.5 Å². The van der Waals surface area contributed by atoms with Crippen molar-refractivity contribution in [1.82, 2.24) is 9.78 Å². The molecule has 0 N–H and O–H groups in total. The molecule has 5 heteroatoms. The predicted molar refractivity (Wildman–Crippen MR) is 84.2 cm³/mol. The van der Waals surface area contributed by atoms with E-state index in [9.17, 15) is 4.39 Å². The zero-order valence-corrected chi connectivity index (χ0v) is 13.8. The maximum Gasteiger partial charge on any atom is 0.142 e. The maximum absolute atomic E-state index is 13.5. The van der Waals surface area contributed by atoms with Crippen molar-refractivity contribution in [2.75, 3.05) is 0 Å². The lowest BCUT2D eigenvalue weighted by molar-refractivity contribution is 0.612. The van der Waals surface area contributed by atoms with Gasteiger partial charge in [0, 0.05) is 0 Å². The first-order valence-corrected chi connectivity index (χ1v) is 7.71. The van der Waals surface area contributed by atoms with Crippen molar-refractivity contribution in [1.29, 1.82) is 0 Å². The normalized spacial score (nSPS) is 11.0. The molecular formula is C14H15ClFIN2. The van der Waals surface area contributed by atoms with Gasteiger partial charge < -0.3 is 0 Å². The number of hydrogen-bond acceptors (Lipinski definition) is 1. The SMILES string of the molecule is CCc1nn(Cc2cccc(F)c2Cl)c(CC)c1I. The summed E-state index contributed by atoms with van der Waals surface area (Å²) in [7, 11) is 0. The first-order chi connectivity index (χ1) is 9.08. The Morgan fingerprint density at radius 3 is 2.68 bits per heavy atom. The average molecular weight is 393 g/mol. The number of rotatable bonds is 4. The van der Waals surface area contributed by atoms with Crippen LogP contribution in [-0.2, 0) is 19.4 Å². The van der Waals surface area contributed by atoms with Crippen LogP contribution >= 0.6 is 34.2 Å². The number of halogens is 3. The minimum Gasteiger partial charge on any atom is -0.264 e. The van der Waals surface area contributed by atoms with E-state index in [0.29, 0.717) is 6.54 Å². The van der Waals surface area contributed by atoms with E-state index in [0.717, 1.165) is 24.1 Å². The lowest BCUT2D eigenvalue weighted by Crippen LogP contribution is -2.07. The van der Waals surface area contributed by atoms with Crippen LogP contribution in [0.3, 0.4) is 0 Å². The molecule has 1 aromatic heterocycles. The van der Waals surface area contributed by atoms with Gasteiger partial charge in [0.25, 0.3) is 0 Å². The summed E-state index contributed by atoms with van der Waals surface area (Å²) in [5.74, 6) is -0.380. The van der Waals surface area contributed by atoms with Gasteiger partial charge in [-0.05, 0) is 47.1 Å². The third kappa shape index (κ3) is 2.94. The predicted octanol–water partition coefficient (Wildman–Crippen LogP) is 4.45. The first-order valence-electron chi connectivity index (χ1n) is 6.25. The van der Waals surface area contributed by atoms with E-state index in [-0.39, 0.29) is 10.8 Å². The molecule has 0 aliphatic rings. The molecule has 0 bridgehead atoms. The molecule has 1 heterocycles. The molecule has 0 aliphatic carbocycles. The van der Waals surface area contributed by atoms with Gasteiger partial charge in [0.1, 0.15) is 5.82 Å². The number of nitrogens with zero attached hydrogens (tertiary/aromatic N) is 2. The van der Waals surface area contributed by atoms with E-state index in [2.05, 4.69) is 41.5 Å². The molecule has 2 rings (SSSR count). The van der Waals surface area contributed by atoms with E-state index < -0.39 is 0 Å². The minimum atomic E-state index is -0.380. The summed E-state index contributed by atoms with van der Waals surface area (Å²) in [6.07, 6.45) is 1.80. The second-order valence-corrected chi connectivity index (χ2v) is 5.74. The fraction of sp³-hybridized carbons (Fsp3) is 0.357. The zero-order valence-electron chi connectivity index (χ0n) is 10.9. The molecule has 19 heavy (non-hydrogen) atoms. The summed E-state index contributed by atoms with van der Waals surface area (Å²) in [5.41, 5.74) is 3.03. The Kier molecular flexibility index (Phi) is 4.84. The smallest absolute Gasteiger partial charge is 0.142 e. The highest BCUT2D eigenvalue weighted by molar-refractivity contribution is 14.1. The molecule has 1 aromatic carbocycles. The molecule has 0 saturated carbocycles. The lowest BCUT2D eigenvalue weighted by Gasteiger charge is -2.08. The summed E-state index contributed by atoms with van der Waals surface area (Å²) in [6.45, 7) is 4.70. The highest BCUT2D eigenvalue weighted by Gasteiger charge is 2.14. The standard InChI is InChI=1S/C14H15ClFIN2/c1-3-11-14(17)12(4-2)19(18-11)8-9-6-5-7-10(16)13(9)15/h5-7H,3-4,8H2,1-2H3. The van der Waals surface area contributed by atoms with Gasteiger partial charge in [-0.2, -0.15) is 5.10 Å². The van der Waals surface area contributed by atoms with Crippen molar-refractivity contribution in [3.05, 3.63) is 49.6 Å². The highest BCUT2D eigenvalue weighted by Crippen LogP contribution is 2.23. The Labute approximate surface area is 131 Å². The summed E-state index contributed by atoms with van der Waals surface area (Å²) in [5, 5.41) is 4.78. The second kappa shape index (κ2) is 6.22. The number of benzene rings is 1.